The molecule has 10 nitrogen and oxygen atoms in total. The van der Waals surface area contributed by atoms with Crippen LogP contribution in [0.3, 0.4) is 0 Å². The van der Waals surface area contributed by atoms with Crippen molar-refractivity contribution in [1.82, 2.24) is 16.0 Å². The van der Waals surface area contributed by atoms with Gasteiger partial charge in [0.2, 0.25) is 0 Å². The number of hydrogen-bond donors (Lipinski definition) is 6. The molecule has 0 saturated carbocycles. The van der Waals surface area contributed by atoms with Crippen LogP contribution < -0.4 is 19.1 Å². The fourth-order valence-electron chi connectivity index (χ4n) is 2.09. The first-order chi connectivity index (χ1) is 14.1. The summed E-state index contributed by atoms with van der Waals surface area (Å²) >= 11 is 0.842. The maximum absolute atomic E-state index is 11.4. The van der Waals surface area contributed by atoms with Crippen LogP contribution in [0.5, 0.6) is 0 Å². The molecule has 2 amide bonds. The van der Waals surface area contributed by atoms with Crippen molar-refractivity contribution in [2.24, 2.45) is 0 Å². The van der Waals surface area contributed by atoms with E-state index in [1.807, 2.05) is 0 Å². The normalized spacial score (nSPS) is 10.8. The third-order valence-corrected chi connectivity index (χ3v) is 5.21. The molecule has 30 heavy (non-hydrogen) atoms. The number of rotatable bonds is 12. The summed E-state index contributed by atoms with van der Waals surface area (Å²) in [5.74, 6) is -3.07. The topological polar surface area (TPSA) is 165 Å². The van der Waals surface area contributed by atoms with Crippen LogP contribution in [0.2, 0.25) is 0 Å². The molecule has 1 atom stereocenters. The third kappa shape index (κ3) is 15.7. The monoisotopic (exact) mass is 615 g/mol. The number of nitrogens with one attached hydrogen (secondary N) is 3. The number of hydrogen-bond acceptors (Lipinski definition) is 5. The first-order valence-corrected chi connectivity index (χ1v) is 11.7. The number of carbonyl (C=O) groups excluding carboxylic acids is 1. The molecule has 1 rings (SSSR count). The van der Waals surface area contributed by atoms with Gasteiger partial charge in [-0.1, -0.05) is 6.92 Å². The van der Waals surface area contributed by atoms with Gasteiger partial charge in [0.25, 0.3) is 0 Å². The molecule has 0 aliphatic heterocycles. The fraction of sp³-hybridized carbons (Fsp3) is 0.474. The van der Waals surface area contributed by atoms with E-state index in [4.69, 9.17) is 15.3 Å². The molecule has 0 bridgehead atoms. The van der Waals surface area contributed by atoms with Gasteiger partial charge < -0.3 is 20.6 Å². The summed E-state index contributed by atoms with van der Waals surface area (Å²) in [6.45, 7) is 2.57. The standard InChI is InChI=1S/C16H22N3O5.C3H6O2.Tl/c20-14(21)11-18-16(24)19-13(15(22)23)8-4-5-9-17-10-12-6-2-1-3-7-12;1-2-3(4)5;/h2-3,6-7,13,17H,4-5,8-11H2,(H,20,21)(H,22,23)(H2,18,19,24);2H2,1H3,(H,4,5);. The van der Waals surface area contributed by atoms with Crippen LogP contribution in [0.1, 0.15) is 38.2 Å². The molecule has 1 aromatic rings. The van der Waals surface area contributed by atoms with Crippen LogP contribution in [0.25, 0.3) is 0 Å². The minimum absolute atomic E-state index is 0.222. The summed E-state index contributed by atoms with van der Waals surface area (Å²) in [5, 5.41) is 32.9. The van der Waals surface area contributed by atoms with Gasteiger partial charge >= 0.3 is 132 Å². The van der Waals surface area contributed by atoms with Gasteiger partial charge in [-0.3, -0.25) is 9.59 Å². The number of carboxylic acid groups (broad SMARTS) is 3. The van der Waals surface area contributed by atoms with E-state index < -0.39 is 36.5 Å². The van der Waals surface area contributed by atoms with Gasteiger partial charge in [0.15, 0.2) is 0 Å². The van der Waals surface area contributed by atoms with Crippen LogP contribution in [0.4, 0.5) is 4.79 Å². The van der Waals surface area contributed by atoms with Crippen molar-refractivity contribution >= 4 is 52.8 Å². The molecule has 0 saturated heterocycles. The fourth-order valence-corrected chi connectivity index (χ4v) is 2.84. The van der Waals surface area contributed by atoms with Crippen molar-refractivity contribution in [3.8, 4) is 0 Å². The quantitative estimate of drug-likeness (QED) is 0.142. The second-order valence-corrected chi connectivity index (χ2v) is 8.86. The predicted molar refractivity (Wildman–Crippen MR) is 111 cm³/mol. The molecule has 0 heterocycles. The molecular weight excluding hydrogens is 587 g/mol. The zero-order valence-electron chi connectivity index (χ0n) is 16.9. The van der Waals surface area contributed by atoms with Crippen molar-refractivity contribution in [3.05, 3.63) is 29.8 Å². The summed E-state index contributed by atoms with van der Waals surface area (Å²) < 4.78 is 1.38. The van der Waals surface area contributed by atoms with Crippen LogP contribution in [-0.4, -0.2) is 84.2 Å². The third-order valence-electron chi connectivity index (χ3n) is 3.71. The number of aliphatic carboxylic acids is 3. The Morgan fingerprint density at radius 3 is 2.10 bits per heavy atom. The van der Waals surface area contributed by atoms with E-state index in [1.54, 1.807) is 6.92 Å². The SMILES string of the molecule is CCC(=O)O.O=C(O)CNC(=O)NC(CCCCNCc1cc[c]([Tl])cc1)C(=O)O. The number of benzene rings is 1. The molecule has 0 radical (unpaired) electrons. The van der Waals surface area contributed by atoms with Crippen LogP contribution in [0.15, 0.2) is 24.3 Å². The molecule has 0 aromatic heterocycles. The minimum atomic E-state index is -1.19. The van der Waals surface area contributed by atoms with Gasteiger partial charge in [-0.15, -0.1) is 0 Å². The maximum atomic E-state index is 11.4. The second-order valence-electron chi connectivity index (χ2n) is 6.27. The number of carboxylic acids is 3. The van der Waals surface area contributed by atoms with Crippen LogP contribution in [0, 0.1) is 0 Å². The first kappa shape index (κ1) is 27.8. The van der Waals surface area contributed by atoms with E-state index in [2.05, 4.69) is 40.2 Å². The molecule has 1 aromatic carbocycles. The molecule has 6 N–H and O–H groups in total. The number of carbonyl (C=O) groups is 4. The smallest absolute Gasteiger partial charge is 0.480 e. The van der Waals surface area contributed by atoms with Gasteiger partial charge in [-0.2, -0.15) is 0 Å². The number of urea groups is 1. The Morgan fingerprint density at radius 2 is 1.60 bits per heavy atom. The van der Waals surface area contributed by atoms with E-state index in [0.29, 0.717) is 6.42 Å². The molecule has 11 heteroatoms. The Balaban J connectivity index is 0.00000150. The van der Waals surface area contributed by atoms with Gasteiger partial charge in [0, 0.05) is 6.42 Å². The summed E-state index contributed by atoms with van der Waals surface area (Å²) in [6.07, 6.45) is 1.92. The number of unbranched alkanes of at least 4 members (excludes halogenated alkanes) is 1. The molecule has 1 unspecified atom stereocenters. The summed E-state index contributed by atoms with van der Waals surface area (Å²) in [6, 6.07) is 6.62. The van der Waals surface area contributed by atoms with Crippen molar-refractivity contribution in [3.63, 3.8) is 0 Å². The summed E-state index contributed by atoms with van der Waals surface area (Å²) in [5.41, 5.74) is 1.21. The van der Waals surface area contributed by atoms with E-state index in [0.717, 1.165) is 45.3 Å². The average molecular weight is 615 g/mol. The second kappa shape index (κ2) is 16.6. The Hall–Kier alpha value is -2.22. The van der Waals surface area contributed by atoms with E-state index in [9.17, 15) is 19.2 Å². The van der Waals surface area contributed by atoms with Crippen molar-refractivity contribution in [2.45, 2.75) is 45.2 Å². The van der Waals surface area contributed by atoms with E-state index >= 15 is 0 Å². The Bertz CT molecular complexity index is 683. The zero-order valence-corrected chi connectivity index (χ0v) is 21.4. The van der Waals surface area contributed by atoms with E-state index in [-0.39, 0.29) is 12.8 Å². The van der Waals surface area contributed by atoms with E-state index in [1.165, 1.54) is 8.69 Å². The Labute approximate surface area is 191 Å². The van der Waals surface area contributed by atoms with Gasteiger partial charge in [-0.25, -0.2) is 9.59 Å². The summed E-state index contributed by atoms with van der Waals surface area (Å²) in [4.78, 5) is 42.3. The molecule has 0 spiro atoms. The van der Waals surface area contributed by atoms with Crippen molar-refractivity contribution < 1.29 is 34.5 Å². The molecule has 164 valence electrons. The predicted octanol–water partition coefficient (Wildman–Crippen LogP) is 0.0583. The van der Waals surface area contributed by atoms with Gasteiger partial charge in [-0.05, 0) is 0 Å². The van der Waals surface area contributed by atoms with Gasteiger partial charge in [0.1, 0.15) is 6.54 Å². The molecule has 0 aliphatic rings. The zero-order chi connectivity index (χ0) is 22.9. The molecule has 0 fully saturated rings. The number of amides is 2. The van der Waals surface area contributed by atoms with Gasteiger partial charge in [0.05, 0.1) is 0 Å². The van der Waals surface area contributed by atoms with Crippen molar-refractivity contribution in [1.29, 1.82) is 0 Å². The van der Waals surface area contributed by atoms with Crippen LogP contribution in [-0.2, 0) is 20.9 Å². The minimum Gasteiger partial charge on any atom is -0.480 e. The average Bonchev–Trinajstić information content (AvgIpc) is 2.69. The first-order valence-electron chi connectivity index (χ1n) is 9.41. The van der Waals surface area contributed by atoms with Crippen molar-refractivity contribution in [2.75, 3.05) is 13.1 Å². The Morgan fingerprint density at radius 1 is 1.00 bits per heavy atom. The summed E-state index contributed by atoms with van der Waals surface area (Å²) in [7, 11) is 0. The molecule has 0 aliphatic carbocycles. The Kier molecular flexibility index (Phi) is 15.3. The molecular formula is C19H28N3O7Tl. The van der Waals surface area contributed by atoms with Crippen LogP contribution >= 0.6 is 0 Å².